The van der Waals surface area contributed by atoms with Crippen molar-refractivity contribution in [3.05, 3.63) is 77.9 Å². The average molecular weight is 361 g/mol. The average Bonchev–Trinajstić information content (AvgIpc) is 2.70. The fourth-order valence-electron chi connectivity index (χ4n) is 2.95. The molecule has 0 spiro atoms. The number of aryl methyl sites for hydroxylation is 2. The summed E-state index contributed by atoms with van der Waals surface area (Å²) in [7, 11) is 2.07. The number of aromatic nitrogens is 3. The van der Waals surface area contributed by atoms with Gasteiger partial charge in [0.15, 0.2) is 0 Å². The van der Waals surface area contributed by atoms with Crippen LogP contribution in [0, 0.1) is 6.92 Å². The van der Waals surface area contributed by atoms with E-state index in [9.17, 15) is 0 Å². The van der Waals surface area contributed by atoms with Gasteiger partial charge in [-0.05, 0) is 49.4 Å². The molecular formula is C22H27N5. The molecule has 1 N–H and O–H groups in total. The lowest BCUT2D eigenvalue weighted by atomic mass is 10.1. The molecule has 140 valence electrons. The fraction of sp³-hybridized carbons (Fsp3) is 0.318. The minimum atomic E-state index is 0.786. The molecule has 2 heterocycles. The molecule has 27 heavy (non-hydrogen) atoms. The lowest BCUT2D eigenvalue weighted by Gasteiger charge is -2.19. The van der Waals surface area contributed by atoms with E-state index in [1.165, 1.54) is 11.1 Å². The molecule has 0 bridgehead atoms. The third kappa shape index (κ3) is 6.06. The van der Waals surface area contributed by atoms with E-state index in [0.29, 0.717) is 0 Å². The van der Waals surface area contributed by atoms with Gasteiger partial charge in [0.1, 0.15) is 17.5 Å². The van der Waals surface area contributed by atoms with Crippen LogP contribution in [0.3, 0.4) is 0 Å². The maximum atomic E-state index is 4.58. The van der Waals surface area contributed by atoms with Gasteiger partial charge in [-0.1, -0.05) is 30.3 Å². The van der Waals surface area contributed by atoms with Gasteiger partial charge in [0.25, 0.3) is 0 Å². The Morgan fingerprint density at radius 1 is 0.926 bits per heavy atom. The second-order valence-electron chi connectivity index (χ2n) is 6.70. The highest BCUT2D eigenvalue weighted by molar-refractivity contribution is 5.49. The van der Waals surface area contributed by atoms with E-state index in [4.69, 9.17) is 0 Å². The predicted octanol–water partition coefficient (Wildman–Crippen LogP) is 3.90. The molecule has 5 nitrogen and oxygen atoms in total. The minimum Gasteiger partial charge on any atom is -0.370 e. The van der Waals surface area contributed by atoms with Gasteiger partial charge >= 0.3 is 0 Å². The highest BCUT2D eigenvalue weighted by Crippen LogP contribution is 2.15. The van der Waals surface area contributed by atoms with Crippen LogP contribution in [0.25, 0.3) is 0 Å². The lowest BCUT2D eigenvalue weighted by molar-refractivity contribution is 0.838. The zero-order chi connectivity index (χ0) is 18.9. The Labute approximate surface area is 161 Å². The van der Waals surface area contributed by atoms with Crippen molar-refractivity contribution >= 4 is 11.6 Å². The standard InChI is InChI=1S/C22H27N5/c1-18-25-21(24-13-6-9-19-7-4-3-5-8-19)17-22(26-18)27(2)16-12-20-10-14-23-15-11-20/h3-5,7-8,10-11,14-15,17H,6,9,12-13,16H2,1-2H3,(H,24,25,26). The molecular weight excluding hydrogens is 334 g/mol. The van der Waals surface area contributed by atoms with Crippen molar-refractivity contribution in [1.82, 2.24) is 15.0 Å². The van der Waals surface area contributed by atoms with Crippen molar-refractivity contribution in [3.8, 4) is 0 Å². The van der Waals surface area contributed by atoms with Crippen molar-refractivity contribution in [1.29, 1.82) is 0 Å². The molecule has 0 saturated carbocycles. The number of rotatable bonds is 9. The molecule has 1 aromatic carbocycles. The van der Waals surface area contributed by atoms with Crippen LogP contribution in [0.15, 0.2) is 60.9 Å². The first-order valence-corrected chi connectivity index (χ1v) is 9.44. The number of nitrogens with zero attached hydrogens (tertiary/aromatic N) is 4. The Bertz CT molecular complexity index is 821. The molecule has 3 rings (SSSR count). The summed E-state index contributed by atoms with van der Waals surface area (Å²) >= 11 is 0. The van der Waals surface area contributed by atoms with E-state index < -0.39 is 0 Å². The Morgan fingerprint density at radius 3 is 2.44 bits per heavy atom. The van der Waals surface area contributed by atoms with Gasteiger partial charge in [0.05, 0.1) is 0 Å². The third-order valence-corrected chi connectivity index (χ3v) is 4.49. The molecule has 0 radical (unpaired) electrons. The third-order valence-electron chi connectivity index (χ3n) is 4.49. The Hall–Kier alpha value is -2.95. The molecule has 0 aliphatic rings. The largest absolute Gasteiger partial charge is 0.370 e. The molecule has 0 unspecified atom stereocenters. The van der Waals surface area contributed by atoms with Crippen molar-refractivity contribution in [2.24, 2.45) is 0 Å². The van der Waals surface area contributed by atoms with Gasteiger partial charge in [-0.25, -0.2) is 9.97 Å². The maximum Gasteiger partial charge on any atom is 0.134 e. The molecule has 0 aliphatic heterocycles. The summed E-state index contributed by atoms with van der Waals surface area (Å²) < 4.78 is 0. The molecule has 0 saturated heterocycles. The zero-order valence-corrected chi connectivity index (χ0v) is 16.1. The molecule has 0 amide bonds. The Kier molecular flexibility index (Phi) is 6.74. The Balaban J connectivity index is 1.52. The molecule has 0 fully saturated rings. The van der Waals surface area contributed by atoms with Crippen LogP contribution in [0.5, 0.6) is 0 Å². The summed E-state index contributed by atoms with van der Waals surface area (Å²) in [4.78, 5) is 15.3. The van der Waals surface area contributed by atoms with Crippen LogP contribution in [-0.4, -0.2) is 35.1 Å². The monoisotopic (exact) mass is 361 g/mol. The van der Waals surface area contributed by atoms with E-state index >= 15 is 0 Å². The van der Waals surface area contributed by atoms with Crippen LogP contribution >= 0.6 is 0 Å². The van der Waals surface area contributed by atoms with E-state index in [1.54, 1.807) is 0 Å². The first-order valence-electron chi connectivity index (χ1n) is 9.44. The van der Waals surface area contributed by atoms with Crippen molar-refractivity contribution in [2.75, 3.05) is 30.4 Å². The molecule has 2 aromatic heterocycles. The van der Waals surface area contributed by atoms with Gasteiger partial charge < -0.3 is 10.2 Å². The van der Waals surface area contributed by atoms with Gasteiger partial charge in [0, 0.05) is 38.6 Å². The number of nitrogens with one attached hydrogen (secondary N) is 1. The second-order valence-corrected chi connectivity index (χ2v) is 6.70. The molecule has 3 aromatic rings. The van der Waals surface area contributed by atoms with Crippen molar-refractivity contribution in [2.45, 2.75) is 26.2 Å². The number of hydrogen-bond acceptors (Lipinski definition) is 5. The first kappa shape index (κ1) is 18.8. The summed E-state index contributed by atoms with van der Waals surface area (Å²) in [5.74, 6) is 2.62. The quantitative estimate of drug-likeness (QED) is 0.586. The number of benzene rings is 1. The van der Waals surface area contributed by atoms with Crippen molar-refractivity contribution in [3.63, 3.8) is 0 Å². The predicted molar refractivity (Wildman–Crippen MR) is 111 cm³/mol. The van der Waals surface area contributed by atoms with Crippen LogP contribution in [0.2, 0.25) is 0 Å². The van der Waals surface area contributed by atoms with Crippen LogP contribution in [-0.2, 0) is 12.8 Å². The van der Waals surface area contributed by atoms with E-state index in [1.807, 2.05) is 25.4 Å². The topological polar surface area (TPSA) is 53.9 Å². The van der Waals surface area contributed by atoms with Gasteiger partial charge in [-0.2, -0.15) is 0 Å². The minimum absolute atomic E-state index is 0.786. The zero-order valence-electron chi connectivity index (χ0n) is 16.1. The molecule has 5 heteroatoms. The van der Waals surface area contributed by atoms with Gasteiger partial charge in [-0.15, -0.1) is 0 Å². The summed E-state index contributed by atoms with van der Waals surface area (Å²) in [5.41, 5.74) is 2.65. The normalized spacial score (nSPS) is 10.6. The molecule has 0 atom stereocenters. The SMILES string of the molecule is Cc1nc(NCCCc2ccccc2)cc(N(C)CCc2ccncc2)n1. The highest BCUT2D eigenvalue weighted by Gasteiger charge is 2.07. The lowest BCUT2D eigenvalue weighted by Crippen LogP contribution is -2.22. The van der Waals surface area contributed by atoms with Gasteiger partial charge in [-0.3, -0.25) is 4.98 Å². The van der Waals surface area contributed by atoms with E-state index in [-0.39, 0.29) is 0 Å². The number of hydrogen-bond donors (Lipinski definition) is 1. The van der Waals surface area contributed by atoms with E-state index in [2.05, 4.69) is 74.7 Å². The molecule has 0 aliphatic carbocycles. The summed E-state index contributed by atoms with van der Waals surface area (Å²) in [6.07, 6.45) is 6.77. The summed E-state index contributed by atoms with van der Waals surface area (Å²) in [6.45, 7) is 3.73. The summed E-state index contributed by atoms with van der Waals surface area (Å²) in [5, 5.41) is 3.44. The summed E-state index contributed by atoms with van der Waals surface area (Å²) in [6, 6.07) is 16.7. The fourth-order valence-corrected chi connectivity index (χ4v) is 2.95. The number of likely N-dealkylation sites (N-methyl/N-ethyl adjacent to an activating group) is 1. The highest BCUT2D eigenvalue weighted by atomic mass is 15.2. The first-order chi connectivity index (χ1) is 13.2. The Morgan fingerprint density at radius 2 is 1.67 bits per heavy atom. The van der Waals surface area contributed by atoms with E-state index in [0.717, 1.165) is 49.8 Å². The van der Waals surface area contributed by atoms with Gasteiger partial charge in [0.2, 0.25) is 0 Å². The number of anilines is 2. The van der Waals surface area contributed by atoms with Crippen LogP contribution in [0.1, 0.15) is 23.4 Å². The number of pyridine rings is 1. The van der Waals surface area contributed by atoms with Crippen LogP contribution in [0.4, 0.5) is 11.6 Å². The van der Waals surface area contributed by atoms with Crippen LogP contribution < -0.4 is 10.2 Å². The van der Waals surface area contributed by atoms with Crippen molar-refractivity contribution < 1.29 is 0 Å². The second kappa shape index (κ2) is 9.67. The maximum absolute atomic E-state index is 4.58. The smallest absolute Gasteiger partial charge is 0.134 e.